The van der Waals surface area contributed by atoms with Crippen molar-refractivity contribution >= 4 is 34.7 Å². The van der Waals surface area contributed by atoms with Crippen LogP contribution in [-0.2, 0) is 0 Å². The fraction of sp³-hybridized carbons (Fsp3) is 0.455. The minimum absolute atomic E-state index is 0.0239. The van der Waals surface area contributed by atoms with Crippen molar-refractivity contribution in [1.82, 2.24) is 0 Å². The van der Waals surface area contributed by atoms with E-state index in [0.29, 0.717) is 10.3 Å². The molecule has 1 aromatic rings. The monoisotopic (exact) mass is 272 g/mol. The summed E-state index contributed by atoms with van der Waals surface area (Å²) in [6, 6.07) is 4.52. The smallest absolute Gasteiger partial charge is 0.271 e. The molecule has 1 fully saturated rings. The van der Waals surface area contributed by atoms with Crippen LogP contribution < -0.4 is 5.32 Å². The van der Waals surface area contributed by atoms with Gasteiger partial charge in [0, 0.05) is 23.9 Å². The quantitative estimate of drug-likeness (QED) is 0.673. The summed E-state index contributed by atoms with van der Waals surface area (Å²) in [6.45, 7) is 0.863. The second kappa shape index (κ2) is 5.60. The fourth-order valence-corrected chi connectivity index (χ4v) is 3.23. The van der Waals surface area contributed by atoms with Gasteiger partial charge in [0.1, 0.15) is 0 Å². The molecule has 1 aliphatic rings. The average Bonchev–Trinajstić information content (AvgIpc) is 2.80. The van der Waals surface area contributed by atoms with Crippen molar-refractivity contribution in [1.29, 1.82) is 0 Å². The van der Waals surface area contributed by atoms with Gasteiger partial charge in [-0.25, -0.2) is 0 Å². The van der Waals surface area contributed by atoms with Crippen molar-refractivity contribution in [3.63, 3.8) is 0 Å². The van der Waals surface area contributed by atoms with E-state index >= 15 is 0 Å². The van der Waals surface area contributed by atoms with Crippen LogP contribution in [0.4, 0.5) is 11.4 Å². The number of hydrogen-bond donors (Lipinski definition) is 1. The predicted octanol–water partition coefficient (Wildman–Crippen LogP) is 3.56. The minimum atomic E-state index is -0.442. The molecule has 2 rings (SSSR count). The predicted molar refractivity (Wildman–Crippen MR) is 72.1 cm³/mol. The van der Waals surface area contributed by atoms with E-state index in [9.17, 15) is 10.1 Å². The van der Waals surface area contributed by atoms with Crippen molar-refractivity contribution in [2.45, 2.75) is 18.1 Å². The van der Waals surface area contributed by atoms with Crippen LogP contribution in [0.3, 0.4) is 0 Å². The number of thioether (sulfide) groups is 1. The van der Waals surface area contributed by atoms with Gasteiger partial charge in [0.05, 0.1) is 15.6 Å². The van der Waals surface area contributed by atoms with Crippen LogP contribution in [-0.4, -0.2) is 22.5 Å². The Morgan fingerprint density at radius 3 is 3.00 bits per heavy atom. The Kier molecular flexibility index (Phi) is 4.12. The molecular formula is C11H13ClN2O2S. The summed E-state index contributed by atoms with van der Waals surface area (Å²) < 4.78 is 0. The van der Waals surface area contributed by atoms with Gasteiger partial charge in [0.2, 0.25) is 0 Å². The first kappa shape index (κ1) is 12.5. The van der Waals surface area contributed by atoms with E-state index in [1.54, 1.807) is 6.07 Å². The first-order valence-electron chi connectivity index (χ1n) is 5.46. The van der Waals surface area contributed by atoms with Crippen LogP contribution in [0.25, 0.3) is 0 Å². The summed E-state index contributed by atoms with van der Waals surface area (Å²) >= 11 is 7.95. The highest BCUT2D eigenvalue weighted by Gasteiger charge is 2.16. The van der Waals surface area contributed by atoms with Gasteiger partial charge >= 0.3 is 0 Å². The molecule has 0 spiro atoms. The van der Waals surface area contributed by atoms with Gasteiger partial charge in [-0.2, -0.15) is 11.8 Å². The molecule has 4 nitrogen and oxygen atoms in total. The summed E-state index contributed by atoms with van der Waals surface area (Å²) in [5.41, 5.74) is 0.792. The summed E-state index contributed by atoms with van der Waals surface area (Å²) in [5, 5.41) is 14.8. The summed E-state index contributed by atoms with van der Waals surface area (Å²) in [4.78, 5) is 10.1. The number of rotatable bonds is 4. The molecule has 1 atom stereocenters. The SMILES string of the molecule is O=[N+]([O-])c1ccc(NCC2CCCS2)c(Cl)c1. The maximum absolute atomic E-state index is 10.6. The van der Waals surface area contributed by atoms with E-state index in [2.05, 4.69) is 5.32 Å². The lowest BCUT2D eigenvalue weighted by atomic mass is 10.2. The van der Waals surface area contributed by atoms with E-state index in [1.807, 2.05) is 11.8 Å². The van der Waals surface area contributed by atoms with Gasteiger partial charge in [0.15, 0.2) is 0 Å². The molecule has 0 radical (unpaired) electrons. The Bertz CT molecular complexity index is 422. The molecule has 1 aliphatic heterocycles. The zero-order valence-electron chi connectivity index (χ0n) is 9.19. The van der Waals surface area contributed by atoms with Crippen LogP contribution in [0.15, 0.2) is 18.2 Å². The first-order chi connectivity index (χ1) is 8.16. The number of halogens is 1. The van der Waals surface area contributed by atoms with Crippen LogP contribution >= 0.6 is 23.4 Å². The molecule has 1 heterocycles. The summed E-state index contributed by atoms with van der Waals surface area (Å²) in [6.07, 6.45) is 2.49. The Balaban J connectivity index is 1.98. The topological polar surface area (TPSA) is 55.2 Å². The van der Waals surface area contributed by atoms with Gasteiger partial charge in [-0.1, -0.05) is 11.6 Å². The van der Waals surface area contributed by atoms with Gasteiger partial charge < -0.3 is 5.32 Å². The lowest BCUT2D eigenvalue weighted by Crippen LogP contribution is -2.13. The molecule has 6 heteroatoms. The Hall–Kier alpha value is -0.940. The highest BCUT2D eigenvalue weighted by atomic mass is 35.5. The number of nitro benzene ring substituents is 1. The number of nitrogens with one attached hydrogen (secondary N) is 1. The van der Waals surface area contributed by atoms with Crippen molar-refractivity contribution in [2.75, 3.05) is 17.6 Å². The van der Waals surface area contributed by atoms with Crippen molar-refractivity contribution in [3.8, 4) is 0 Å². The fourth-order valence-electron chi connectivity index (χ4n) is 1.79. The molecule has 17 heavy (non-hydrogen) atoms. The molecule has 0 aliphatic carbocycles. The number of nitro groups is 1. The third-order valence-electron chi connectivity index (χ3n) is 2.71. The van der Waals surface area contributed by atoms with E-state index in [1.165, 1.54) is 30.7 Å². The molecule has 0 bridgehead atoms. The second-order valence-electron chi connectivity index (χ2n) is 3.94. The Labute approximate surface area is 109 Å². The number of anilines is 1. The van der Waals surface area contributed by atoms with Crippen molar-refractivity contribution in [2.24, 2.45) is 0 Å². The third kappa shape index (κ3) is 3.26. The zero-order valence-corrected chi connectivity index (χ0v) is 10.8. The standard InChI is InChI=1S/C11H13ClN2O2S/c12-10-6-8(14(15)16)3-4-11(10)13-7-9-2-1-5-17-9/h3-4,6,9,13H,1-2,5,7H2. The van der Waals surface area contributed by atoms with E-state index in [0.717, 1.165) is 12.2 Å². The Morgan fingerprint density at radius 1 is 1.59 bits per heavy atom. The summed E-state index contributed by atoms with van der Waals surface area (Å²) in [5.74, 6) is 1.22. The van der Waals surface area contributed by atoms with Gasteiger partial charge in [-0.15, -0.1) is 0 Å². The first-order valence-corrected chi connectivity index (χ1v) is 6.89. The number of nitrogens with zero attached hydrogens (tertiary/aromatic N) is 1. The highest BCUT2D eigenvalue weighted by Crippen LogP contribution is 2.29. The number of non-ortho nitro benzene ring substituents is 1. The second-order valence-corrected chi connectivity index (χ2v) is 5.75. The molecule has 0 aromatic heterocycles. The van der Waals surface area contributed by atoms with Crippen LogP contribution in [0.1, 0.15) is 12.8 Å². The number of benzene rings is 1. The summed E-state index contributed by atoms with van der Waals surface area (Å²) in [7, 11) is 0. The van der Waals surface area contributed by atoms with Gasteiger partial charge in [-0.05, 0) is 24.7 Å². The molecule has 92 valence electrons. The number of hydrogen-bond acceptors (Lipinski definition) is 4. The highest BCUT2D eigenvalue weighted by molar-refractivity contribution is 8.00. The van der Waals surface area contributed by atoms with Crippen LogP contribution in [0, 0.1) is 10.1 Å². The largest absolute Gasteiger partial charge is 0.383 e. The van der Waals surface area contributed by atoms with E-state index < -0.39 is 4.92 Å². The Morgan fingerprint density at radius 2 is 2.41 bits per heavy atom. The van der Waals surface area contributed by atoms with Crippen LogP contribution in [0.5, 0.6) is 0 Å². The normalized spacial score (nSPS) is 19.2. The van der Waals surface area contributed by atoms with Crippen molar-refractivity contribution in [3.05, 3.63) is 33.3 Å². The lowest BCUT2D eigenvalue weighted by molar-refractivity contribution is -0.384. The van der Waals surface area contributed by atoms with E-state index in [-0.39, 0.29) is 5.69 Å². The molecular weight excluding hydrogens is 260 g/mol. The third-order valence-corrected chi connectivity index (χ3v) is 4.42. The van der Waals surface area contributed by atoms with Crippen molar-refractivity contribution < 1.29 is 4.92 Å². The molecule has 1 aromatic carbocycles. The maximum Gasteiger partial charge on any atom is 0.271 e. The van der Waals surface area contributed by atoms with Gasteiger partial charge in [-0.3, -0.25) is 10.1 Å². The maximum atomic E-state index is 10.6. The molecule has 0 saturated carbocycles. The molecule has 1 saturated heterocycles. The molecule has 1 N–H and O–H groups in total. The zero-order chi connectivity index (χ0) is 12.3. The van der Waals surface area contributed by atoms with Gasteiger partial charge in [0.25, 0.3) is 5.69 Å². The van der Waals surface area contributed by atoms with E-state index in [4.69, 9.17) is 11.6 Å². The minimum Gasteiger partial charge on any atom is -0.383 e. The average molecular weight is 273 g/mol. The lowest BCUT2D eigenvalue weighted by Gasteiger charge is -2.12. The van der Waals surface area contributed by atoms with Crippen LogP contribution in [0.2, 0.25) is 5.02 Å². The molecule has 0 amide bonds. The molecule has 1 unspecified atom stereocenters.